The van der Waals surface area contributed by atoms with Gasteiger partial charge in [0.15, 0.2) is 5.82 Å². The van der Waals surface area contributed by atoms with Crippen molar-refractivity contribution in [2.45, 2.75) is 13.0 Å². The summed E-state index contributed by atoms with van der Waals surface area (Å²) in [5.41, 5.74) is 7.04. The van der Waals surface area contributed by atoms with Gasteiger partial charge in [-0.3, -0.25) is 0 Å². The monoisotopic (exact) mass is 269 g/mol. The fourth-order valence-corrected chi connectivity index (χ4v) is 1.56. The first-order valence-corrected chi connectivity index (χ1v) is 5.65. The number of hydrogen-bond acceptors (Lipinski definition) is 5. The molecule has 0 aliphatic heterocycles. The molecule has 0 saturated carbocycles. The molecule has 19 heavy (non-hydrogen) atoms. The van der Waals surface area contributed by atoms with E-state index < -0.39 is 13.0 Å². The van der Waals surface area contributed by atoms with Crippen LogP contribution in [0, 0.1) is 0 Å². The maximum atomic E-state index is 11.9. The summed E-state index contributed by atoms with van der Waals surface area (Å²) in [6, 6.07) is 7.10. The van der Waals surface area contributed by atoms with Gasteiger partial charge in [0.1, 0.15) is 6.61 Å². The Morgan fingerprint density at radius 1 is 1.37 bits per heavy atom. The molecular formula is C11H13F2N5O. The quantitative estimate of drug-likeness (QED) is 0.629. The molecule has 0 unspecified atom stereocenters. The van der Waals surface area contributed by atoms with Crippen molar-refractivity contribution in [1.82, 2.24) is 20.2 Å². The van der Waals surface area contributed by atoms with E-state index >= 15 is 0 Å². The molecule has 0 atom stereocenters. The first-order chi connectivity index (χ1) is 9.16. The van der Waals surface area contributed by atoms with Gasteiger partial charge in [-0.05, 0) is 22.6 Å². The largest absolute Gasteiger partial charge is 0.399 e. The fraction of sp³-hybridized carbons (Fsp3) is 0.364. The molecule has 0 spiro atoms. The number of tetrazole rings is 1. The SMILES string of the molecule is Nc1cccc(-c2nnnn2CCOCC(F)F)c1. The van der Waals surface area contributed by atoms with Gasteiger partial charge in [0.25, 0.3) is 6.43 Å². The Morgan fingerprint density at radius 2 is 2.21 bits per heavy atom. The average Bonchev–Trinajstić information content (AvgIpc) is 2.83. The van der Waals surface area contributed by atoms with E-state index in [2.05, 4.69) is 15.5 Å². The lowest BCUT2D eigenvalue weighted by molar-refractivity contribution is 0.0140. The topological polar surface area (TPSA) is 78.9 Å². The maximum absolute atomic E-state index is 11.9. The van der Waals surface area contributed by atoms with Crippen molar-refractivity contribution in [3.05, 3.63) is 24.3 Å². The molecule has 0 fully saturated rings. The highest BCUT2D eigenvalue weighted by atomic mass is 19.3. The Kier molecular flexibility index (Phi) is 4.35. The summed E-state index contributed by atoms with van der Waals surface area (Å²) in [6.07, 6.45) is -2.47. The van der Waals surface area contributed by atoms with E-state index in [4.69, 9.17) is 10.5 Å². The molecule has 0 amide bonds. The molecule has 6 nitrogen and oxygen atoms in total. The van der Waals surface area contributed by atoms with Gasteiger partial charge in [-0.25, -0.2) is 13.5 Å². The summed E-state index contributed by atoms with van der Waals surface area (Å²) in [5.74, 6) is 0.521. The molecule has 0 radical (unpaired) electrons. The summed E-state index contributed by atoms with van der Waals surface area (Å²) in [7, 11) is 0. The highest BCUT2D eigenvalue weighted by Crippen LogP contribution is 2.18. The van der Waals surface area contributed by atoms with Crippen LogP contribution in [0.5, 0.6) is 0 Å². The van der Waals surface area contributed by atoms with Crippen LogP contribution in [0.15, 0.2) is 24.3 Å². The molecule has 0 bridgehead atoms. The second-order valence-electron chi connectivity index (χ2n) is 3.82. The minimum absolute atomic E-state index is 0.116. The molecule has 0 saturated heterocycles. The average molecular weight is 269 g/mol. The van der Waals surface area contributed by atoms with Crippen LogP contribution in [0.25, 0.3) is 11.4 Å². The number of nitrogens with two attached hydrogens (primary N) is 1. The molecule has 1 heterocycles. The van der Waals surface area contributed by atoms with Gasteiger partial charge in [0, 0.05) is 11.3 Å². The Hall–Kier alpha value is -2.09. The van der Waals surface area contributed by atoms with Crippen molar-refractivity contribution in [3.63, 3.8) is 0 Å². The number of rotatable bonds is 6. The Balaban J connectivity index is 2.02. The Labute approximate surface area is 108 Å². The van der Waals surface area contributed by atoms with Crippen LogP contribution in [0.3, 0.4) is 0 Å². The van der Waals surface area contributed by atoms with E-state index in [-0.39, 0.29) is 6.61 Å². The zero-order chi connectivity index (χ0) is 13.7. The lowest BCUT2D eigenvalue weighted by Crippen LogP contribution is -2.12. The van der Waals surface area contributed by atoms with Crippen LogP contribution in [0.1, 0.15) is 0 Å². The molecule has 2 N–H and O–H groups in total. The van der Waals surface area contributed by atoms with E-state index in [1.165, 1.54) is 4.68 Å². The molecule has 102 valence electrons. The van der Waals surface area contributed by atoms with Crippen molar-refractivity contribution in [2.24, 2.45) is 0 Å². The first-order valence-electron chi connectivity index (χ1n) is 5.65. The predicted molar refractivity (Wildman–Crippen MR) is 64.5 cm³/mol. The highest BCUT2D eigenvalue weighted by molar-refractivity contribution is 5.60. The molecule has 2 aromatic rings. The Bertz CT molecular complexity index is 531. The highest BCUT2D eigenvalue weighted by Gasteiger charge is 2.09. The van der Waals surface area contributed by atoms with Gasteiger partial charge in [-0.2, -0.15) is 0 Å². The number of anilines is 1. The standard InChI is InChI=1S/C11H13F2N5O/c12-10(13)7-19-5-4-18-11(15-16-17-18)8-2-1-3-9(14)6-8/h1-3,6,10H,4-5,7,14H2. The third-order valence-electron chi connectivity index (χ3n) is 2.37. The summed E-state index contributed by atoms with van der Waals surface area (Å²) in [5, 5.41) is 11.2. The molecular weight excluding hydrogens is 256 g/mol. The lowest BCUT2D eigenvalue weighted by atomic mass is 10.2. The van der Waals surface area contributed by atoms with Crippen LogP contribution < -0.4 is 5.73 Å². The Morgan fingerprint density at radius 3 is 2.95 bits per heavy atom. The molecule has 0 aliphatic carbocycles. The lowest BCUT2D eigenvalue weighted by Gasteiger charge is -2.06. The number of aromatic nitrogens is 4. The predicted octanol–water partition coefficient (Wildman–Crippen LogP) is 1.20. The van der Waals surface area contributed by atoms with E-state index in [1.54, 1.807) is 18.2 Å². The second kappa shape index (κ2) is 6.19. The van der Waals surface area contributed by atoms with Crippen LogP contribution in [0.2, 0.25) is 0 Å². The minimum atomic E-state index is -2.47. The molecule has 1 aromatic carbocycles. The second-order valence-corrected chi connectivity index (χ2v) is 3.82. The molecule has 1 aromatic heterocycles. The van der Waals surface area contributed by atoms with E-state index in [0.717, 1.165) is 5.56 Å². The normalized spacial score (nSPS) is 11.1. The maximum Gasteiger partial charge on any atom is 0.261 e. The van der Waals surface area contributed by atoms with E-state index in [9.17, 15) is 8.78 Å². The minimum Gasteiger partial charge on any atom is -0.399 e. The van der Waals surface area contributed by atoms with Crippen molar-refractivity contribution >= 4 is 5.69 Å². The van der Waals surface area contributed by atoms with Gasteiger partial charge >= 0.3 is 0 Å². The van der Waals surface area contributed by atoms with Crippen molar-refractivity contribution in [2.75, 3.05) is 18.9 Å². The molecule has 2 rings (SSSR count). The summed E-state index contributed by atoms with van der Waals surface area (Å²) in [4.78, 5) is 0. The zero-order valence-electron chi connectivity index (χ0n) is 10.0. The van der Waals surface area contributed by atoms with Gasteiger partial charge in [0.05, 0.1) is 13.2 Å². The molecule has 0 aliphatic rings. The third-order valence-corrected chi connectivity index (χ3v) is 2.37. The van der Waals surface area contributed by atoms with Crippen molar-refractivity contribution < 1.29 is 13.5 Å². The van der Waals surface area contributed by atoms with Crippen LogP contribution in [0.4, 0.5) is 14.5 Å². The van der Waals surface area contributed by atoms with Crippen LogP contribution >= 0.6 is 0 Å². The van der Waals surface area contributed by atoms with Crippen LogP contribution in [-0.2, 0) is 11.3 Å². The number of nitrogen functional groups attached to an aromatic ring is 1. The number of halogens is 2. The summed E-state index contributed by atoms with van der Waals surface area (Å²) < 4.78 is 30.1. The molecule has 8 heteroatoms. The number of hydrogen-bond donors (Lipinski definition) is 1. The first kappa shape index (κ1) is 13.3. The summed E-state index contributed by atoms with van der Waals surface area (Å²) in [6.45, 7) is -0.176. The van der Waals surface area contributed by atoms with Gasteiger partial charge in [-0.15, -0.1) is 5.10 Å². The smallest absolute Gasteiger partial charge is 0.261 e. The van der Waals surface area contributed by atoms with E-state index in [0.29, 0.717) is 18.1 Å². The number of ether oxygens (including phenoxy) is 1. The fourth-order valence-electron chi connectivity index (χ4n) is 1.56. The zero-order valence-corrected chi connectivity index (χ0v) is 10.0. The van der Waals surface area contributed by atoms with Crippen molar-refractivity contribution in [3.8, 4) is 11.4 Å². The van der Waals surface area contributed by atoms with Crippen molar-refractivity contribution in [1.29, 1.82) is 0 Å². The number of nitrogens with zero attached hydrogens (tertiary/aromatic N) is 4. The van der Waals surface area contributed by atoms with Crippen LogP contribution in [-0.4, -0.2) is 39.8 Å². The number of benzene rings is 1. The third kappa shape index (κ3) is 3.68. The number of alkyl halides is 2. The summed E-state index contributed by atoms with van der Waals surface area (Å²) >= 11 is 0. The van der Waals surface area contributed by atoms with Gasteiger partial charge in [-0.1, -0.05) is 12.1 Å². The van der Waals surface area contributed by atoms with E-state index in [1.807, 2.05) is 6.07 Å². The van der Waals surface area contributed by atoms with Gasteiger partial charge < -0.3 is 10.5 Å². The van der Waals surface area contributed by atoms with Gasteiger partial charge in [0.2, 0.25) is 0 Å².